The predicted molar refractivity (Wildman–Crippen MR) is 97.8 cm³/mol. The van der Waals surface area contributed by atoms with Crippen molar-refractivity contribution in [3.8, 4) is 0 Å². The van der Waals surface area contributed by atoms with Crippen molar-refractivity contribution in [3.05, 3.63) is 34.7 Å². The standard InChI is InChI=1S/C19H24N2O2S/c1-13-11-21(12-16(13)20-7-9-23-10-8-20)19(22)18-14(2)15-5-3-4-6-17(15)24-18/h3-6,13,16H,7-12H2,1-2H3/t13-,16+/m0/s1. The third kappa shape index (κ3) is 2.75. The van der Waals surface area contributed by atoms with E-state index >= 15 is 0 Å². The lowest BCUT2D eigenvalue weighted by molar-refractivity contribution is 0.0119. The van der Waals surface area contributed by atoms with Gasteiger partial charge in [0.25, 0.3) is 5.91 Å². The molecule has 1 aromatic carbocycles. The van der Waals surface area contributed by atoms with Crippen LogP contribution in [0, 0.1) is 12.8 Å². The summed E-state index contributed by atoms with van der Waals surface area (Å²) in [5.74, 6) is 0.720. The van der Waals surface area contributed by atoms with Crippen LogP contribution >= 0.6 is 11.3 Å². The van der Waals surface area contributed by atoms with Gasteiger partial charge in [-0.05, 0) is 29.9 Å². The van der Waals surface area contributed by atoms with Crippen LogP contribution in [0.1, 0.15) is 22.2 Å². The van der Waals surface area contributed by atoms with Crippen molar-refractivity contribution >= 4 is 27.3 Å². The summed E-state index contributed by atoms with van der Waals surface area (Å²) in [5, 5.41) is 1.21. The smallest absolute Gasteiger partial charge is 0.264 e. The van der Waals surface area contributed by atoms with Crippen LogP contribution in [-0.4, -0.2) is 61.1 Å². The molecule has 3 heterocycles. The van der Waals surface area contributed by atoms with Gasteiger partial charge >= 0.3 is 0 Å². The van der Waals surface area contributed by atoms with E-state index in [0.29, 0.717) is 12.0 Å². The lowest BCUT2D eigenvalue weighted by atomic mass is 10.0. The highest BCUT2D eigenvalue weighted by Crippen LogP contribution is 2.33. The molecule has 0 aliphatic carbocycles. The first-order valence-electron chi connectivity index (χ1n) is 8.74. The van der Waals surface area contributed by atoms with Gasteiger partial charge < -0.3 is 9.64 Å². The fourth-order valence-corrected chi connectivity index (χ4v) is 5.20. The molecule has 2 saturated heterocycles. The Morgan fingerprint density at radius 2 is 1.96 bits per heavy atom. The number of fused-ring (bicyclic) bond motifs is 1. The largest absolute Gasteiger partial charge is 0.379 e. The highest BCUT2D eigenvalue weighted by molar-refractivity contribution is 7.21. The summed E-state index contributed by atoms with van der Waals surface area (Å²) in [6, 6.07) is 8.77. The number of likely N-dealkylation sites (tertiary alicyclic amines) is 1. The Balaban J connectivity index is 1.55. The van der Waals surface area contributed by atoms with Crippen molar-refractivity contribution in [1.29, 1.82) is 0 Å². The first-order valence-corrected chi connectivity index (χ1v) is 9.56. The van der Waals surface area contributed by atoms with Crippen LogP contribution in [0.4, 0.5) is 0 Å². The van der Waals surface area contributed by atoms with E-state index in [0.717, 1.165) is 49.8 Å². The van der Waals surface area contributed by atoms with E-state index in [4.69, 9.17) is 4.74 Å². The summed E-state index contributed by atoms with van der Waals surface area (Å²) >= 11 is 1.63. The first kappa shape index (κ1) is 16.1. The summed E-state index contributed by atoms with van der Waals surface area (Å²) in [6.07, 6.45) is 0. The summed E-state index contributed by atoms with van der Waals surface area (Å²) < 4.78 is 6.67. The second-order valence-corrected chi connectivity index (χ2v) is 8.01. The van der Waals surface area contributed by atoms with Gasteiger partial charge in [-0.1, -0.05) is 25.1 Å². The van der Waals surface area contributed by atoms with Gasteiger partial charge in [-0.3, -0.25) is 9.69 Å². The topological polar surface area (TPSA) is 32.8 Å². The summed E-state index contributed by atoms with van der Waals surface area (Å²) in [4.78, 5) is 18.6. The minimum atomic E-state index is 0.205. The third-order valence-corrected chi connectivity index (χ3v) is 6.67. The van der Waals surface area contributed by atoms with Crippen molar-refractivity contribution in [3.63, 3.8) is 0 Å². The first-order chi connectivity index (χ1) is 11.6. The van der Waals surface area contributed by atoms with Crippen molar-refractivity contribution < 1.29 is 9.53 Å². The molecular weight excluding hydrogens is 320 g/mol. The number of nitrogens with zero attached hydrogens (tertiary/aromatic N) is 2. The molecule has 5 heteroatoms. The Morgan fingerprint density at radius 3 is 2.71 bits per heavy atom. The molecular formula is C19H24N2O2S. The molecule has 2 aliphatic rings. The van der Waals surface area contributed by atoms with Gasteiger partial charge in [-0.25, -0.2) is 0 Å². The van der Waals surface area contributed by atoms with Gasteiger partial charge in [0.1, 0.15) is 0 Å². The summed E-state index contributed by atoms with van der Waals surface area (Å²) in [5.41, 5.74) is 1.13. The fraction of sp³-hybridized carbons (Fsp3) is 0.526. The van der Waals surface area contributed by atoms with E-state index in [-0.39, 0.29) is 5.91 Å². The van der Waals surface area contributed by atoms with Gasteiger partial charge in [0.15, 0.2) is 0 Å². The summed E-state index contributed by atoms with van der Waals surface area (Å²) in [6.45, 7) is 9.63. The maximum absolute atomic E-state index is 13.1. The van der Waals surface area contributed by atoms with Crippen LogP contribution in [0.3, 0.4) is 0 Å². The van der Waals surface area contributed by atoms with Crippen LogP contribution in [0.15, 0.2) is 24.3 Å². The number of rotatable bonds is 2. The quantitative estimate of drug-likeness (QED) is 0.840. The number of morpholine rings is 1. The molecule has 128 valence electrons. The Labute approximate surface area is 147 Å². The number of amides is 1. The van der Waals surface area contributed by atoms with Crippen molar-refractivity contribution in [2.75, 3.05) is 39.4 Å². The zero-order valence-corrected chi connectivity index (χ0v) is 15.1. The molecule has 24 heavy (non-hydrogen) atoms. The Morgan fingerprint density at radius 1 is 1.21 bits per heavy atom. The highest BCUT2D eigenvalue weighted by Gasteiger charge is 2.37. The number of aryl methyl sites for hydroxylation is 1. The van der Waals surface area contributed by atoms with Crippen molar-refractivity contribution in [2.45, 2.75) is 19.9 Å². The molecule has 1 amide bonds. The molecule has 2 aliphatic heterocycles. The Kier molecular flexibility index (Phi) is 4.33. The number of thiophene rings is 1. The van der Waals surface area contributed by atoms with Crippen molar-refractivity contribution in [2.24, 2.45) is 5.92 Å². The van der Waals surface area contributed by atoms with Crippen molar-refractivity contribution in [1.82, 2.24) is 9.80 Å². The molecule has 4 nitrogen and oxygen atoms in total. The second kappa shape index (κ2) is 6.47. The maximum Gasteiger partial charge on any atom is 0.264 e. The molecule has 0 saturated carbocycles. The molecule has 0 N–H and O–H groups in total. The van der Waals surface area contributed by atoms with Crippen LogP contribution in [0.25, 0.3) is 10.1 Å². The van der Waals surface area contributed by atoms with E-state index in [9.17, 15) is 4.79 Å². The normalized spacial score (nSPS) is 25.5. The molecule has 1 aromatic heterocycles. The maximum atomic E-state index is 13.1. The zero-order chi connectivity index (χ0) is 16.7. The highest BCUT2D eigenvalue weighted by atomic mass is 32.1. The predicted octanol–water partition coefficient (Wildman–Crippen LogP) is 3.00. The lowest BCUT2D eigenvalue weighted by Crippen LogP contribution is -2.47. The minimum Gasteiger partial charge on any atom is -0.379 e. The van der Waals surface area contributed by atoms with Gasteiger partial charge in [0.2, 0.25) is 0 Å². The minimum absolute atomic E-state index is 0.205. The lowest BCUT2D eigenvalue weighted by Gasteiger charge is -2.33. The average Bonchev–Trinajstić information content (AvgIpc) is 3.16. The van der Waals surface area contributed by atoms with E-state index in [1.54, 1.807) is 11.3 Å². The Hall–Kier alpha value is -1.43. The molecule has 4 rings (SSSR count). The third-order valence-electron chi connectivity index (χ3n) is 5.41. The van der Waals surface area contributed by atoms with Gasteiger partial charge in [0.05, 0.1) is 18.1 Å². The van der Waals surface area contributed by atoms with Gasteiger partial charge in [-0.15, -0.1) is 11.3 Å². The molecule has 2 atom stereocenters. The number of hydrogen-bond donors (Lipinski definition) is 0. The molecule has 0 spiro atoms. The fourth-order valence-electron chi connectivity index (χ4n) is 4.02. The monoisotopic (exact) mass is 344 g/mol. The van der Waals surface area contributed by atoms with Crippen LogP contribution in [0.2, 0.25) is 0 Å². The van der Waals surface area contributed by atoms with E-state index in [1.807, 2.05) is 12.1 Å². The molecule has 0 bridgehead atoms. The number of ether oxygens (including phenoxy) is 1. The van der Waals surface area contributed by atoms with E-state index in [2.05, 4.69) is 35.8 Å². The number of hydrogen-bond acceptors (Lipinski definition) is 4. The van der Waals surface area contributed by atoms with Crippen LogP contribution < -0.4 is 0 Å². The molecule has 2 aromatic rings. The van der Waals surface area contributed by atoms with Gasteiger partial charge in [-0.2, -0.15) is 0 Å². The SMILES string of the molecule is Cc1c(C(=O)N2C[C@@H](N3CCOCC3)[C@@H](C)C2)sc2ccccc12. The van der Waals surface area contributed by atoms with Crippen LogP contribution in [0.5, 0.6) is 0 Å². The number of carbonyl (C=O) groups excluding carboxylic acids is 1. The Bertz CT molecular complexity index is 751. The number of carbonyl (C=O) groups is 1. The van der Waals surface area contributed by atoms with E-state index in [1.165, 1.54) is 10.1 Å². The van der Waals surface area contributed by atoms with Crippen LogP contribution in [-0.2, 0) is 4.74 Å². The molecule has 2 fully saturated rings. The molecule has 0 radical (unpaired) electrons. The zero-order valence-electron chi connectivity index (χ0n) is 14.3. The van der Waals surface area contributed by atoms with Gasteiger partial charge in [0, 0.05) is 36.9 Å². The second-order valence-electron chi connectivity index (χ2n) is 6.96. The molecule has 0 unspecified atom stereocenters. The summed E-state index contributed by atoms with van der Waals surface area (Å²) in [7, 11) is 0. The average molecular weight is 344 g/mol. The number of benzene rings is 1. The van der Waals surface area contributed by atoms with E-state index < -0.39 is 0 Å².